The van der Waals surface area contributed by atoms with E-state index in [0.29, 0.717) is 10.6 Å². The van der Waals surface area contributed by atoms with Gasteiger partial charge >= 0.3 is 5.97 Å². The molecule has 0 radical (unpaired) electrons. The highest BCUT2D eigenvalue weighted by atomic mass is 127. The molecule has 6 heteroatoms. The van der Waals surface area contributed by atoms with Crippen LogP contribution in [0.3, 0.4) is 0 Å². The van der Waals surface area contributed by atoms with Gasteiger partial charge in [-0.25, -0.2) is 4.79 Å². The molecule has 0 fully saturated rings. The topological polar surface area (TPSA) is 55.0 Å². The van der Waals surface area contributed by atoms with Gasteiger partial charge in [0.05, 0.1) is 23.2 Å². The fraction of sp³-hybridized carbons (Fsp3) is 0.111. The summed E-state index contributed by atoms with van der Waals surface area (Å²) in [5, 5.41) is 8.05. The van der Waals surface area contributed by atoms with E-state index in [2.05, 4.69) is 37.5 Å². The van der Waals surface area contributed by atoms with Crippen LogP contribution >= 0.6 is 34.2 Å². The normalized spacial score (nSPS) is 10.6. The van der Waals surface area contributed by atoms with Crippen LogP contribution in [0.25, 0.3) is 10.9 Å². The molecule has 1 heterocycles. The van der Waals surface area contributed by atoms with E-state index in [9.17, 15) is 4.79 Å². The van der Waals surface area contributed by atoms with Crippen LogP contribution < -0.4 is 0 Å². The molecule has 0 aliphatic carbocycles. The number of fused-ring (bicyclic) bond motifs is 1. The van der Waals surface area contributed by atoms with Gasteiger partial charge in [0.2, 0.25) is 0 Å². The van der Waals surface area contributed by atoms with E-state index in [1.54, 1.807) is 12.1 Å². The van der Waals surface area contributed by atoms with Gasteiger partial charge in [0.15, 0.2) is 0 Å². The lowest BCUT2D eigenvalue weighted by Crippen LogP contribution is -2.01. The first-order valence-electron chi connectivity index (χ1n) is 4.05. The maximum Gasteiger partial charge on any atom is 0.339 e. The van der Waals surface area contributed by atoms with Crippen molar-refractivity contribution in [3.8, 4) is 0 Å². The molecule has 4 nitrogen and oxygen atoms in total. The quantitative estimate of drug-likeness (QED) is 0.643. The van der Waals surface area contributed by atoms with E-state index in [1.807, 2.05) is 0 Å². The number of halogens is 2. The Morgan fingerprint density at radius 3 is 3.00 bits per heavy atom. The second-order valence-electron chi connectivity index (χ2n) is 2.88. The molecule has 15 heavy (non-hydrogen) atoms. The lowest BCUT2D eigenvalue weighted by Gasteiger charge is -2.01. The summed E-state index contributed by atoms with van der Waals surface area (Å²) in [7, 11) is 1.32. The standard InChI is InChI=1S/C9H6ClIN2O2/c1-15-9(14)4-2-5-7(3-6(4)10)12-13-8(5)11/h2-3H,1H3,(H,12,13). The third kappa shape index (κ3) is 1.81. The summed E-state index contributed by atoms with van der Waals surface area (Å²) >= 11 is 8.01. The average molecular weight is 337 g/mol. The van der Waals surface area contributed by atoms with Crippen molar-refractivity contribution >= 4 is 51.1 Å². The molecule has 0 unspecified atom stereocenters. The van der Waals surface area contributed by atoms with E-state index in [0.717, 1.165) is 14.6 Å². The van der Waals surface area contributed by atoms with E-state index in [1.165, 1.54) is 7.11 Å². The van der Waals surface area contributed by atoms with Gasteiger partial charge in [-0.15, -0.1) is 0 Å². The molecular weight excluding hydrogens is 330 g/mol. The Kier molecular flexibility index (Phi) is 2.83. The molecule has 1 aromatic carbocycles. The predicted molar refractivity (Wildman–Crippen MR) is 65.2 cm³/mol. The molecule has 0 amide bonds. The predicted octanol–water partition coefficient (Wildman–Crippen LogP) is 2.61. The zero-order valence-corrected chi connectivity index (χ0v) is 10.6. The van der Waals surface area contributed by atoms with Crippen LogP contribution in [-0.4, -0.2) is 23.3 Å². The fourth-order valence-electron chi connectivity index (χ4n) is 1.27. The summed E-state index contributed by atoms with van der Waals surface area (Å²) in [6.45, 7) is 0. The Balaban J connectivity index is 2.70. The first kappa shape index (κ1) is 10.7. The van der Waals surface area contributed by atoms with Crippen molar-refractivity contribution < 1.29 is 9.53 Å². The molecule has 1 aromatic heterocycles. The van der Waals surface area contributed by atoms with Crippen molar-refractivity contribution in [1.82, 2.24) is 10.2 Å². The second-order valence-corrected chi connectivity index (χ2v) is 4.31. The SMILES string of the molecule is COC(=O)c1cc2c(I)n[nH]c2cc1Cl. The first-order valence-corrected chi connectivity index (χ1v) is 5.50. The second kappa shape index (κ2) is 3.97. The lowest BCUT2D eigenvalue weighted by atomic mass is 10.1. The highest BCUT2D eigenvalue weighted by Gasteiger charge is 2.14. The molecular formula is C9H6ClIN2O2. The van der Waals surface area contributed by atoms with E-state index < -0.39 is 5.97 Å². The number of hydrogen-bond donors (Lipinski definition) is 1. The molecule has 2 rings (SSSR count). The minimum Gasteiger partial charge on any atom is -0.465 e. The van der Waals surface area contributed by atoms with Gasteiger partial charge in [0, 0.05) is 5.39 Å². The number of H-pyrrole nitrogens is 1. The zero-order valence-electron chi connectivity index (χ0n) is 7.67. The van der Waals surface area contributed by atoms with Gasteiger partial charge < -0.3 is 4.74 Å². The number of rotatable bonds is 1. The summed E-state index contributed by atoms with van der Waals surface area (Å²) in [6.07, 6.45) is 0. The summed E-state index contributed by atoms with van der Waals surface area (Å²) in [4.78, 5) is 11.4. The summed E-state index contributed by atoms with van der Waals surface area (Å²) in [6, 6.07) is 3.34. The highest BCUT2D eigenvalue weighted by molar-refractivity contribution is 14.1. The maximum absolute atomic E-state index is 11.4. The van der Waals surface area contributed by atoms with Gasteiger partial charge in [-0.2, -0.15) is 5.10 Å². The van der Waals surface area contributed by atoms with Gasteiger partial charge in [0.1, 0.15) is 3.70 Å². The number of carbonyl (C=O) groups excluding carboxylic acids is 1. The van der Waals surface area contributed by atoms with Crippen molar-refractivity contribution in [2.24, 2.45) is 0 Å². The van der Waals surface area contributed by atoms with Crippen LogP contribution in [-0.2, 0) is 4.74 Å². The monoisotopic (exact) mass is 336 g/mol. The number of benzene rings is 1. The zero-order chi connectivity index (χ0) is 11.0. The third-order valence-corrected chi connectivity index (χ3v) is 3.14. The molecule has 0 spiro atoms. The number of methoxy groups -OCH3 is 1. The Morgan fingerprint density at radius 2 is 2.33 bits per heavy atom. The van der Waals surface area contributed by atoms with Crippen molar-refractivity contribution in [3.05, 3.63) is 26.4 Å². The fourth-order valence-corrected chi connectivity index (χ4v) is 2.08. The highest BCUT2D eigenvalue weighted by Crippen LogP contribution is 2.26. The molecule has 0 bridgehead atoms. The summed E-state index contributed by atoms with van der Waals surface area (Å²) < 4.78 is 5.42. The van der Waals surface area contributed by atoms with Gasteiger partial charge in [0.25, 0.3) is 0 Å². The van der Waals surface area contributed by atoms with Crippen LogP contribution in [0.2, 0.25) is 5.02 Å². The Bertz CT molecular complexity index is 538. The molecule has 0 aliphatic heterocycles. The van der Waals surface area contributed by atoms with Gasteiger partial charge in [-0.1, -0.05) is 11.6 Å². The Labute approximate surface area is 104 Å². The minimum atomic E-state index is -0.445. The van der Waals surface area contributed by atoms with Crippen LogP contribution in [0, 0.1) is 3.70 Å². The number of nitrogens with zero attached hydrogens (tertiary/aromatic N) is 1. The van der Waals surface area contributed by atoms with Crippen LogP contribution in [0.1, 0.15) is 10.4 Å². The van der Waals surface area contributed by atoms with Crippen molar-refractivity contribution in [1.29, 1.82) is 0 Å². The Hall–Kier alpha value is -0.820. The van der Waals surface area contributed by atoms with Crippen molar-refractivity contribution in [2.45, 2.75) is 0 Å². The maximum atomic E-state index is 11.4. The molecule has 2 aromatic rings. The number of carbonyl (C=O) groups is 1. The molecule has 0 saturated heterocycles. The molecule has 78 valence electrons. The number of hydrogen-bond acceptors (Lipinski definition) is 3. The van der Waals surface area contributed by atoms with Crippen molar-refractivity contribution in [3.63, 3.8) is 0 Å². The van der Waals surface area contributed by atoms with Gasteiger partial charge in [-0.3, -0.25) is 5.10 Å². The van der Waals surface area contributed by atoms with E-state index in [4.69, 9.17) is 11.6 Å². The number of ether oxygens (including phenoxy) is 1. The van der Waals surface area contributed by atoms with E-state index in [-0.39, 0.29) is 0 Å². The molecule has 0 atom stereocenters. The first-order chi connectivity index (χ1) is 7.13. The van der Waals surface area contributed by atoms with Crippen LogP contribution in [0.4, 0.5) is 0 Å². The average Bonchev–Trinajstić information content (AvgIpc) is 2.58. The smallest absolute Gasteiger partial charge is 0.339 e. The molecule has 1 N–H and O–H groups in total. The summed E-state index contributed by atoms with van der Waals surface area (Å²) in [5.41, 5.74) is 1.16. The third-order valence-electron chi connectivity index (χ3n) is 2.01. The lowest BCUT2D eigenvalue weighted by molar-refractivity contribution is 0.0601. The Morgan fingerprint density at radius 1 is 1.60 bits per heavy atom. The minimum absolute atomic E-state index is 0.353. The van der Waals surface area contributed by atoms with E-state index >= 15 is 0 Å². The molecule has 0 aliphatic rings. The van der Waals surface area contributed by atoms with Gasteiger partial charge in [-0.05, 0) is 34.7 Å². The van der Waals surface area contributed by atoms with Crippen LogP contribution in [0.5, 0.6) is 0 Å². The number of nitrogens with one attached hydrogen (secondary N) is 1. The number of aromatic nitrogens is 2. The number of esters is 1. The summed E-state index contributed by atoms with van der Waals surface area (Å²) in [5.74, 6) is -0.445. The number of aromatic amines is 1. The molecule has 0 saturated carbocycles. The largest absolute Gasteiger partial charge is 0.465 e. The van der Waals surface area contributed by atoms with Crippen molar-refractivity contribution in [2.75, 3.05) is 7.11 Å². The van der Waals surface area contributed by atoms with Crippen LogP contribution in [0.15, 0.2) is 12.1 Å².